The lowest BCUT2D eigenvalue weighted by atomic mass is 9.98. The average Bonchev–Trinajstić information content (AvgIpc) is 2.32. The largest absolute Gasteiger partial charge is 0.381 e. The lowest BCUT2D eigenvalue weighted by molar-refractivity contribution is 0.0763. The second kappa shape index (κ2) is 7.57. The van der Waals surface area contributed by atoms with Gasteiger partial charge in [-0.25, -0.2) is 0 Å². The molecule has 0 aromatic heterocycles. The van der Waals surface area contributed by atoms with Crippen molar-refractivity contribution in [1.82, 2.24) is 5.32 Å². The molecule has 16 heavy (non-hydrogen) atoms. The van der Waals surface area contributed by atoms with Gasteiger partial charge in [-0.05, 0) is 31.4 Å². The first-order valence-corrected chi connectivity index (χ1v) is 7.70. The second-order valence-corrected chi connectivity index (χ2v) is 6.35. The Kier molecular flexibility index (Phi) is 6.78. The molecule has 1 heterocycles. The standard InChI is InChI=1S/C13H27NOS/c1-4-12(5-2)14-11-13(16-6-3)7-9-15-10-8-13/h12,14H,4-11H2,1-3H3. The van der Waals surface area contributed by atoms with Crippen molar-refractivity contribution < 1.29 is 4.74 Å². The molecule has 0 spiro atoms. The van der Waals surface area contributed by atoms with Gasteiger partial charge in [0.25, 0.3) is 0 Å². The number of rotatable bonds is 7. The molecule has 1 saturated heterocycles. The molecule has 0 radical (unpaired) electrons. The van der Waals surface area contributed by atoms with Gasteiger partial charge in [-0.3, -0.25) is 0 Å². The monoisotopic (exact) mass is 245 g/mol. The van der Waals surface area contributed by atoms with E-state index in [1.54, 1.807) is 0 Å². The van der Waals surface area contributed by atoms with Gasteiger partial charge in [0.2, 0.25) is 0 Å². The van der Waals surface area contributed by atoms with Crippen LogP contribution in [0.1, 0.15) is 46.5 Å². The van der Waals surface area contributed by atoms with Crippen molar-refractivity contribution >= 4 is 11.8 Å². The summed E-state index contributed by atoms with van der Waals surface area (Å²) in [6, 6.07) is 0.692. The van der Waals surface area contributed by atoms with Crippen LogP contribution in [0.3, 0.4) is 0 Å². The molecule has 1 aliphatic heterocycles. The summed E-state index contributed by atoms with van der Waals surface area (Å²) in [5.41, 5.74) is 0. The number of ether oxygens (including phenoxy) is 1. The van der Waals surface area contributed by atoms with Gasteiger partial charge in [0.05, 0.1) is 0 Å². The van der Waals surface area contributed by atoms with Crippen LogP contribution in [0, 0.1) is 0 Å². The zero-order valence-corrected chi connectivity index (χ0v) is 11.9. The van der Waals surface area contributed by atoms with E-state index in [9.17, 15) is 0 Å². The molecule has 96 valence electrons. The van der Waals surface area contributed by atoms with E-state index < -0.39 is 0 Å². The third-order valence-corrected chi connectivity index (χ3v) is 5.01. The van der Waals surface area contributed by atoms with Crippen LogP contribution in [0.25, 0.3) is 0 Å². The van der Waals surface area contributed by atoms with Crippen LogP contribution in [0.5, 0.6) is 0 Å². The third kappa shape index (κ3) is 4.27. The fourth-order valence-corrected chi connectivity index (χ4v) is 3.58. The van der Waals surface area contributed by atoms with Gasteiger partial charge in [0.1, 0.15) is 0 Å². The Balaban J connectivity index is 2.43. The summed E-state index contributed by atoms with van der Waals surface area (Å²) in [6.07, 6.45) is 4.89. The van der Waals surface area contributed by atoms with Crippen molar-refractivity contribution in [2.45, 2.75) is 57.2 Å². The van der Waals surface area contributed by atoms with E-state index >= 15 is 0 Å². The first-order chi connectivity index (χ1) is 7.76. The molecule has 0 bridgehead atoms. The lowest BCUT2D eigenvalue weighted by Gasteiger charge is -2.37. The Morgan fingerprint density at radius 1 is 1.19 bits per heavy atom. The highest BCUT2D eigenvalue weighted by atomic mass is 32.2. The second-order valence-electron chi connectivity index (χ2n) is 4.62. The number of hydrogen-bond donors (Lipinski definition) is 1. The molecule has 1 rings (SSSR count). The first kappa shape index (κ1) is 14.3. The zero-order chi connectivity index (χ0) is 11.9. The molecule has 0 aromatic rings. The minimum Gasteiger partial charge on any atom is -0.381 e. The van der Waals surface area contributed by atoms with E-state index in [1.807, 2.05) is 0 Å². The van der Waals surface area contributed by atoms with Crippen LogP contribution in [0.2, 0.25) is 0 Å². The van der Waals surface area contributed by atoms with Crippen molar-refractivity contribution in [1.29, 1.82) is 0 Å². The third-order valence-electron chi connectivity index (χ3n) is 3.55. The van der Waals surface area contributed by atoms with Crippen LogP contribution in [0.15, 0.2) is 0 Å². The molecule has 0 saturated carbocycles. The van der Waals surface area contributed by atoms with E-state index in [-0.39, 0.29) is 0 Å². The first-order valence-electron chi connectivity index (χ1n) is 6.71. The molecule has 3 heteroatoms. The number of hydrogen-bond acceptors (Lipinski definition) is 3. The quantitative estimate of drug-likeness (QED) is 0.745. The summed E-state index contributed by atoms with van der Waals surface area (Å²) >= 11 is 2.12. The fraction of sp³-hybridized carbons (Fsp3) is 1.00. The topological polar surface area (TPSA) is 21.3 Å². The summed E-state index contributed by atoms with van der Waals surface area (Å²) in [5, 5.41) is 3.74. The van der Waals surface area contributed by atoms with Crippen molar-refractivity contribution in [2.75, 3.05) is 25.5 Å². The summed E-state index contributed by atoms with van der Waals surface area (Å²) in [4.78, 5) is 0. The van der Waals surface area contributed by atoms with Gasteiger partial charge < -0.3 is 10.1 Å². The molecule has 0 amide bonds. The number of thioether (sulfide) groups is 1. The fourth-order valence-electron chi connectivity index (χ4n) is 2.33. The van der Waals surface area contributed by atoms with E-state index in [0.717, 1.165) is 19.8 Å². The van der Waals surface area contributed by atoms with Gasteiger partial charge in [-0.15, -0.1) is 0 Å². The van der Waals surface area contributed by atoms with E-state index in [4.69, 9.17) is 4.74 Å². The van der Waals surface area contributed by atoms with Crippen molar-refractivity contribution in [2.24, 2.45) is 0 Å². The Morgan fingerprint density at radius 2 is 1.81 bits per heavy atom. The number of nitrogens with one attached hydrogen (secondary N) is 1. The minimum absolute atomic E-state index is 0.440. The molecular weight excluding hydrogens is 218 g/mol. The molecule has 0 atom stereocenters. The van der Waals surface area contributed by atoms with E-state index in [2.05, 4.69) is 37.8 Å². The van der Waals surface area contributed by atoms with Crippen molar-refractivity contribution in [3.8, 4) is 0 Å². The predicted octanol–water partition coefficient (Wildman–Crippen LogP) is 3.07. The Morgan fingerprint density at radius 3 is 2.31 bits per heavy atom. The maximum absolute atomic E-state index is 5.49. The van der Waals surface area contributed by atoms with Crippen molar-refractivity contribution in [3.05, 3.63) is 0 Å². The van der Waals surface area contributed by atoms with Gasteiger partial charge in [0, 0.05) is 30.5 Å². The van der Waals surface area contributed by atoms with Crippen molar-refractivity contribution in [3.63, 3.8) is 0 Å². The lowest BCUT2D eigenvalue weighted by Crippen LogP contribution is -2.45. The summed E-state index contributed by atoms with van der Waals surface area (Å²) < 4.78 is 5.93. The Hall–Kier alpha value is 0.270. The Bertz CT molecular complexity index is 171. The molecular formula is C13H27NOS. The van der Waals surface area contributed by atoms with Crippen LogP contribution in [-0.2, 0) is 4.74 Å². The Labute approximate surface area is 105 Å². The smallest absolute Gasteiger partial charge is 0.0479 e. The maximum Gasteiger partial charge on any atom is 0.0479 e. The maximum atomic E-state index is 5.49. The average molecular weight is 245 g/mol. The highest BCUT2D eigenvalue weighted by Gasteiger charge is 2.32. The highest BCUT2D eigenvalue weighted by molar-refractivity contribution is 8.00. The molecule has 1 N–H and O–H groups in total. The van der Waals surface area contributed by atoms with Crippen LogP contribution in [0.4, 0.5) is 0 Å². The van der Waals surface area contributed by atoms with Crippen LogP contribution < -0.4 is 5.32 Å². The minimum atomic E-state index is 0.440. The molecule has 0 aromatic carbocycles. The summed E-state index contributed by atoms with van der Waals surface area (Å²) in [7, 11) is 0. The highest BCUT2D eigenvalue weighted by Crippen LogP contribution is 2.34. The molecule has 1 fully saturated rings. The summed E-state index contributed by atoms with van der Waals surface area (Å²) in [5.74, 6) is 1.21. The van der Waals surface area contributed by atoms with E-state index in [0.29, 0.717) is 10.8 Å². The molecule has 2 nitrogen and oxygen atoms in total. The normalized spacial score (nSPS) is 20.2. The molecule has 0 aliphatic carbocycles. The van der Waals surface area contributed by atoms with Gasteiger partial charge in [0.15, 0.2) is 0 Å². The summed E-state index contributed by atoms with van der Waals surface area (Å²) in [6.45, 7) is 9.84. The van der Waals surface area contributed by atoms with E-state index in [1.165, 1.54) is 31.4 Å². The van der Waals surface area contributed by atoms with Crippen LogP contribution in [-0.4, -0.2) is 36.3 Å². The predicted molar refractivity (Wildman–Crippen MR) is 73.3 cm³/mol. The van der Waals surface area contributed by atoms with Gasteiger partial charge in [-0.1, -0.05) is 20.8 Å². The molecule has 0 unspecified atom stereocenters. The zero-order valence-electron chi connectivity index (χ0n) is 11.1. The SMILES string of the molecule is CCSC1(CNC(CC)CC)CCOCC1. The van der Waals surface area contributed by atoms with Gasteiger partial charge in [-0.2, -0.15) is 11.8 Å². The molecule has 1 aliphatic rings. The van der Waals surface area contributed by atoms with Crippen LogP contribution >= 0.6 is 11.8 Å². The van der Waals surface area contributed by atoms with Gasteiger partial charge >= 0.3 is 0 Å².